The van der Waals surface area contributed by atoms with Crippen molar-refractivity contribution in [3.05, 3.63) is 53.3 Å². The second-order valence-electron chi connectivity index (χ2n) is 11.0. The van der Waals surface area contributed by atoms with Gasteiger partial charge in [0.1, 0.15) is 5.75 Å². The number of carbonyl (C=O) groups is 1. The number of anilines is 1. The van der Waals surface area contributed by atoms with Gasteiger partial charge in [0.15, 0.2) is 0 Å². The third kappa shape index (κ3) is 6.80. The molecule has 0 radical (unpaired) electrons. The SMILES string of the molecule is CC(CCCN)CC(C(=O)Nc1cc(C(C)(C)C)c(O)c(C(C)(C)C)c1)c1ccccn1. The van der Waals surface area contributed by atoms with Crippen LogP contribution in [0.25, 0.3) is 0 Å². The lowest BCUT2D eigenvalue weighted by Crippen LogP contribution is -2.25. The maximum Gasteiger partial charge on any atom is 0.233 e. The van der Waals surface area contributed by atoms with E-state index in [1.807, 2.05) is 30.3 Å². The number of aromatic nitrogens is 1. The summed E-state index contributed by atoms with van der Waals surface area (Å²) in [6, 6.07) is 9.49. The molecule has 1 amide bonds. The van der Waals surface area contributed by atoms with Gasteiger partial charge in [-0.05, 0) is 66.8 Å². The maximum atomic E-state index is 13.5. The summed E-state index contributed by atoms with van der Waals surface area (Å²) in [6.45, 7) is 15.2. The van der Waals surface area contributed by atoms with E-state index < -0.39 is 0 Å². The molecule has 0 saturated heterocycles. The van der Waals surface area contributed by atoms with Gasteiger partial charge >= 0.3 is 0 Å². The molecule has 0 aliphatic rings. The van der Waals surface area contributed by atoms with Crippen molar-refractivity contribution in [1.29, 1.82) is 0 Å². The van der Waals surface area contributed by atoms with Gasteiger partial charge in [-0.15, -0.1) is 0 Å². The van der Waals surface area contributed by atoms with Gasteiger partial charge < -0.3 is 16.2 Å². The highest BCUT2D eigenvalue weighted by Gasteiger charge is 2.29. The van der Waals surface area contributed by atoms with Crippen molar-refractivity contribution in [2.45, 2.75) is 84.5 Å². The summed E-state index contributed by atoms with van der Waals surface area (Å²) in [5.41, 5.74) is 8.29. The zero-order chi connectivity index (χ0) is 24.1. The third-order valence-electron chi connectivity index (χ3n) is 5.89. The fourth-order valence-corrected chi connectivity index (χ4v) is 4.01. The van der Waals surface area contributed by atoms with E-state index in [9.17, 15) is 9.90 Å². The van der Waals surface area contributed by atoms with Crippen molar-refractivity contribution in [3.63, 3.8) is 0 Å². The van der Waals surface area contributed by atoms with Crippen LogP contribution in [0.5, 0.6) is 5.75 Å². The number of nitrogens with one attached hydrogen (secondary N) is 1. The number of carbonyl (C=O) groups excluding carboxylic acids is 1. The van der Waals surface area contributed by atoms with E-state index in [-0.39, 0.29) is 22.7 Å². The van der Waals surface area contributed by atoms with Crippen LogP contribution in [0.1, 0.15) is 90.5 Å². The number of nitrogens with zero attached hydrogens (tertiary/aromatic N) is 1. The zero-order valence-corrected chi connectivity index (χ0v) is 20.8. The first-order valence-electron chi connectivity index (χ1n) is 11.6. The normalized spacial score (nSPS) is 14.1. The van der Waals surface area contributed by atoms with Crippen molar-refractivity contribution >= 4 is 11.6 Å². The molecule has 5 nitrogen and oxygen atoms in total. The Morgan fingerprint density at radius 1 is 1.09 bits per heavy atom. The number of hydrogen-bond acceptors (Lipinski definition) is 4. The van der Waals surface area contributed by atoms with E-state index in [0.717, 1.165) is 29.7 Å². The fraction of sp³-hybridized carbons (Fsp3) is 0.556. The van der Waals surface area contributed by atoms with Crippen molar-refractivity contribution in [1.82, 2.24) is 4.98 Å². The Morgan fingerprint density at radius 3 is 2.16 bits per heavy atom. The summed E-state index contributed by atoms with van der Waals surface area (Å²) in [7, 11) is 0. The number of nitrogens with two attached hydrogens (primary N) is 1. The summed E-state index contributed by atoms with van der Waals surface area (Å²) in [5, 5.41) is 14.1. The van der Waals surface area contributed by atoms with E-state index in [0.29, 0.717) is 30.3 Å². The van der Waals surface area contributed by atoms with Crippen LogP contribution in [0.15, 0.2) is 36.5 Å². The molecule has 0 spiro atoms. The van der Waals surface area contributed by atoms with E-state index in [2.05, 4.69) is 58.8 Å². The predicted molar refractivity (Wildman–Crippen MR) is 133 cm³/mol. The number of phenols is 1. The van der Waals surface area contributed by atoms with E-state index in [4.69, 9.17) is 5.73 Å². The quantitative estimate of drug-likeness (QED) is 0.449. The van der Waals surface area contributed by atoms with Gasteiger partial charge in [0.05, 0.1) is 11.6 Å². The van der Waals surface area contributed by atoms with Gasteiger partial charge in [-0.3, -0.25) is 9.78 Å². The minimum absolute atomic E-state index is 0.0753. The monoisotopic (exact) mass is 439 g/mol. The Hall–Kier alpha value is -2.40. The fourth-order valence-electron chi connectivity index (χ4n) is 4.01. The Kier molecular flexibility index (Phi) is 8.47. The van der Waals surface area contributed by atoms with Crippen LogP contribution >= 0.6 is 0 Å². The standard InChI is InChI=1S/C27H41N3O2/c1-18(11-10-13-28)15-20(23-12-8-9-14-29-23)25(32)30-19-16-21(26(2,3)4)24(31)22(17-19)27(5,6)7/h8-9,12,14,16-18,20,31H,10-11,13,15,28H2,1-7H3,(H,30,32). The highest BCUT2D eigenvalue weighted by atomic mass is 16.3. The van der Waals surface area contributed by atoms with Crippen molar-refractivity contribution in [2.24, 2.45) is 11.7 Å². The Bertz CT molecular complexity index is 860. The topological polar surface area (TPSA) is 88.2 Å². The van der Waals surface area contributed by atoms with Gasteiger partial charge in [0.25, 0.3) is 0 Å². The maximum absolute atomic E-state index is 13.5. The van der Waals surface area contributed by atoms with Crippen molar-refractivity contribution in [3.8, 4) is 5.75 Å². The highest BCUT2D eigenvalue weighted by molar-refractivity contribution is 5.96. The zero-order valence-electron chi connectivity index (χ0n) is 20.8. The molecule has 0 aliphatic carbocycles. The largest absolute Gasteiger partial charge is 0.507 e. The second-order valence-corrected chi connectivity index (χ2v) is 11.0. The summed E-state index contributed by atoms with van der Waals surface area (Å²) < 4.78 is 0. The molecule has 0 fully saturated rings. The van der Waals surface area contributed by atoms with Crippen LogP contribution in [0.3, 0.4) is 0 Å². The highest BCUT2D eigenvalue weighted by Crippen LogP contribution is 2.41. The molecular weight excluding hydrogens is 398 g/mol. The number of amides is 1. The minimum atomic E-state index is -0.353. The number of benzene rings is 1. The first-order valence-corrected chi connectivity index (χ1v) is 11.6. The molecule has 2 unspecified atom stereocenters. The number of phenolic OH excluding ortho intramolecular Hbond substituents is 1. The molecule has 1 heterocycles. The lowest BCUT2D eigenvalue weighted by molar-refractivity contribution is -0.118. The van der Waals surface area contributed by atoms with Crippen LogP contribution in [-0.2, 0) is 15.6 Å². The number of aromatic hydroxyl groups is 1. The molecule has 2 aromatic rings. The predicted octanol–water partition coefficient (Wildman–Crippen LogP) is 5.87. The van der Waals surface area contributed by atoms with Crippen LogP contribution in [0.2, 0.25) is 0 Å². The number of hydrogen-bond donors (Lipinski definition) is 3. The summed E-state index contributed by atoms with van der Waals surface area (Å²) in [5.74, 6) is 0.230. The van der Waals surface area contributed by atoms with Crippen molar-refractivity contribution < 1.29 is 9.90 Å². The molecule has 0 aliphatic heterocycles. The summed E-state index contributed by atoms with van der Waals surface area (Å²) >= 11 is 0. The molecule has 2 rings (SSSR count). The number of pyridine rings is 1. The average molecular weight is 440 g/mol. The van der Waals surface area contributed by atoms with Gasteiger partial charge in [0, 0.05) is 23.0 Å². The van der Waals surface area contributed by atoms with Crippen LogP contribution < -0.4 is 11.1 Å². The minimum Gasteiger partial charge on any atom is -0.507 e. The molecule has 1 aromatic carbocycles. The molecule has 0 saturated carbocycles. The van der Waals surface area contributed by atoms with Crippen LogP contribution in [0.4, 0.5) is 5.69 Å². The molecule has 32 heavy (non-hydrogen) atoms. The van der Waals surface area contributed by atoms with Crippen LogP contribution in [-0.4, -0.2) is 22.5 Å². The first-order chi connectivity index (χ1) is 14.8. The van der Waals surface area contributed by atoms with Crippen LogP contribution in [0, 0.1) is 5.92 Å². The Morgan fingerprint density at radius 2 is 1.69 bits per heavy atom. The Balaban J connectivity index is 2.42. The summed E-state index contributed by atoms with van der Waals surface area (Å²) in [4.78, 5) is 18.0. The van der Waals surface area contributed by atoms with E-state index in [1.54, 1.807) is 6.20 Å². The number of rotatable bonds is 8. The second kappa shape index (κ2) is 10.5. The van der Waals surface area contributed by atoms with E-state index in [1.165, 1.54) is 0 Å². The average Bonchev–Trinajstić information content (AvgIpc) is 2.70. The van der Waals surface area contributed by atoms with Gasteiger partial charge in [0.2, 0.25) is 5.91 Å². The van der Waals surface area contributed by atoms with Gasteiger partial charge in [-0.1, -0.05) is 54.5 Å². The third-order valence-corrected chi connectivity index (χ3v) is 5.89. The van der Waals surface area contributed by atoms with Crippen molar-refractivity contribution in [2.75, 3.05) is 11.9 Å². The molecule has 2 atom stereocenters. The van der Waals surface area contributed by atoms with E-state index >= 15 is 0 Å². The van der Waals surface area contributed by atoms with Gasteiger partial charge in [-0.2, -0.15) is 0 Å². The lowest BCUT2D eigenvalue weighted by atomic mass is 9.79. The smallest absolute Gasteiger partial charge is 0.233 e. The molecule has 1 aromatic heterocycles. The molecule has 176 valence electrons. The molecule has 5 heteroatoms. The first kappa shape index (κ1) is 25.9. The Labute approximate surface area is 193 Å². The molecular formula is C27H41N3O2. The lowest BCUT2D eigenvalue weighted by Gasteiger charge is -2.28. The van der Waals surface area contributed by atoms with Gasteiger partial charge in [-0.25, -0.2) is 0 Å². The summed E-state index contributed by atoms with van der Waals surface area (Å²) in [6.07, 6.45) is 4.36. The molecule has 0 bridgehead atoms. The molecule has 4 N–H and O–H groups in total.